The molecule has 0 bridgehead atoms. The Morgan fingerprint density at radius 2 is 2.23 bits per heavy atom. The summed E-state index contributed by atoms with van der Waals surface area (Å²) in [6.07, 6.45) is 5.23. The minimum Gasteiger partial charge on any atom is -0.330 e. The maximum atomic E-state index is 12.0. The molecule has 124 valence electrons. The molecule has 22 heavy (non-hydrogen) atoms. The van der Waals surface area contributed by atoms with Crippen LogP contribution >= 0.6 is 24.0 Å². The summed E-state index contributed by atoms with van der Waals surface area (Å²) in [5.74, 6) is 0.0364. The van der Waals surface area contributed by atoms with Crippen molar-refractivity contribution in [2.75, 3.05) is 25.0 Å². The van der Waals surface area contributed by atoms with Crippen molar-refractivity contribution < 1.29 is 4.79 Å². The van der Waals surface area contributed by atoms with E-state index in [9.17, 15) is 4.79 Å². The first-order valence-electron chi connectivity index (χ1n) is 7.68. The van der Waals surface area contributed by atoms with E-state index in [0.717, 1.165) is 31.7 Å². The van der Waals surface area contributed by atoms with Crippen LogP contribution < -0.4 is 11.1 Å². The lowest BCUT2D eigenvalue weighted by atomic mass is 9.99. The van der Waals surface area contributed by atoms with Crippen molar-refractivity contribution in [3.05, 3.63) is 29.3 Å². The lowest BCUT2D eigenvalue weighted by Gasteiger charge is -2.35. The molecule has 6 heteroatoms. The van der Waals surface area contributed by atoms with E-state index in [2.05, 4.69) is 10.2 Å². The summed E-state index contributed by atoms with van der Waals surface area (Å²) < 4.78 is 0. The fourth-order valence-electron chi connectivity index (χ4n) is 2.91. The van der Waals surface area contributed by atoms with E-state index in [1.807, 2.05) is 12.1 Å². The second kappa shape index (κ2) is 10.1. The molecule has 1 aromatic rings. The molecule has 4 nitrogen and oxygen atoms in total. The van der Waals surface area contributed by atoms with Crippen molar-refractivity contribution in [3.8, 4) is 0 Å². The molecule has 0 saturated carbocycles. The van der Waals surface area contributed by atoms with Gasteiger partial charge < -0.3 is 11.1 Å². The lowest BCUT2D eigenvalue weighted by molar-refractivity contribution is -0.116. The topological polar surface area (TPSA) is 58.4 Å². The summed E-state index contributed by atoms with van der Waals surface area (Å²) in [4.78, 5) is 14.4. The molecule has 0 spiro atoms. The van der Waals surface area contributed by atoms with Crippen molar-refractivity contribution >= 4 is 35.6 Å². The van der Waals surface area contributed by atoms with Gasteiger partial charge in [-0.1, -0.05) is 24.1 Å². The van der Waals surface area contributed by atoms with E-state index in [1.54, 1.807) is 12.1 Å². The molecule has 1 unspecified atom stereocenters. The molecule has 1 aliphatic heterocycles. The number of nitrogens with two attached hydrogens (primary N) is 1. The molecule has 0 aliphatic carbocycles. The molecule has 2 rings (SSSR count). The molecule has 1 aliphatic rings. The first-order valence-corrected chi connectivity index (χ1v) is 8.06. The fourth-order valence-corrected chi connectivity index (χ4v) is 3.10. The molecule has 1 atom stereocenters. The maximum Gasteiger partial charge on any atom is 0.225 e. The van der Waals surface area contributed by atoms with Gasteiger partial charge in [-0.15, -0.1) is 12.4 Å². The number of hydrogen-bond donors (Lipinski definition) is 2. The number of nitrogens with one attached hydrogen (secondary N) is 1. The zero-order valence-electron chi connectivity index (χ0n) is 12.8. The Morgan fingerprint density at radius 1 is 1.41 bits per heavy atom. The van der Waals surface area contributed by atoms with Gasteiger partial charge in [-0.25, -0.2) is 0 Å². The number of piperidine rings is 1. The Balaban J connectivity index is 0.00000242. The van der Waals surface area contributed by atoms with Crippen LogP contribution in [-0.4, -0.2) is 36.5 Å². The number of benzene rings is 1. The Bertz CT molecular complexity index is 468. The van der Waals surface area contributed by atoms with Gasteiger partial charge in [0.05, 0.1) is 0 Å². The van der Waals surface area contributed by atoms with Crippen molar-refractivity contribution in [1.82, 2.24) is 4.90 Å². The van der Waals surface area contributed by atoms with Crippen LogP contribution in [0, 0.1) is 0 Å². The molecule has 1 heterocycles. The zero-order chi connectivity index (χ0) is 15.1. The summed E-state index contributed by atoms with van der Waals surface area (Å²) in [6, 6.07) is 7.78. The van der Waals surface area contributed by atoms with E-state index in [1.165, 1.54) is 19.3 Å². The van der Waals surface area contributed by atoms with Crippen LogP contribution in [0.2, 0.25) is 5.02 Å². The van der Waals surface area contributed by atoms with E-state index >= 15 is 0 Å². The maximum absolute atomic E-state index is 12.0. The number of rotatable bonds is 6. The van der Waals surface area contributed by atoms with Gasteiger partial charge in [0, 0.05) is 29.7 Å². The summed E-state index contributed by atoms with van der Waals surface area (Å²) in [6.45, 7) is 2.60. The highest BCUT2D eigenvalue weighted by molar-refractivity contribution is 6.30. The Morgan fingerprint density at radius 3 is 2.95 bits per heavy atom. The normalized spacial score (nSPS) is 18.5. The average Bonchev–Trinajstić information content (AvgIpc) is 2.47. The summed E-state index contributed by atoms with van der Waals surface area (Å²) in [5.41, 5.74) is 6.43. The van der Waals surface area contributed by atoms with Crippen molar-refractivity contribution in [3.63, 3.8) is 0 Å². The van der Waals surface area contributed by atoms with Gasteiger partial charge in [-0.05, 0) is 50.6 Å². The lowest BCUT2D eigenvalue weighted by Crippen LogP contribution is -2.42. The number of carbonyl (C=O) groups excluding carboxylic acids is 1. The minimum absolute atomic E-state index is 0. The van der Waals surface area contributed by atoms with Gasteiger partial charge in [0.1, 0.15) is 0 Å². The van der Waals surface area contributed by atoms with Gasteiger partial charge in [0.25, 0.3) is 0 Å². The predicted octanol–water partition coefficient (Wildman–Crippen LogP) is 3.29. The van der Waals surface area contributed by atoms with Crippen LogP contribution in [0.15, 0.2) is 24.3 Å². The second-order valence-electron chi connectivity index (χ2n) is 5.57. The van der Waals surface area contributed by atoms with Crippen molar-refractivity contribution in [2.24, 2.45) is 5.73 Å². The predicted molar refractivity (Wildman–Crippen MR) is 94.8 cm³/mol. The van der Waals surface area contributed by atoms with Crippen molar-refractivity contribution in [2.45, 2.75) is 38.1 Å². The number of hydrogen-bond acceptors (Lipinski definition) is 3. The van der Waals surface area contributed by atoms with Crippen LogP contribution in [0.4, 0.5) is 5.69 Å². The minimum atomic E-state index is 0. The molecular weight excluding hydrogens is 321 g/mol. The van der Waals surface area contributed by atoms with Gasteiger partial charge in [-0.2, -0.15) is 0 Å². The number of nitrogens with zero attached hydrogens (tertiary/aromatic N) is 1. The quantitative estimate of drug-likeness (QED) is 0.831. The zero-order valence-corrected chi connectivity index (χ0v) is 14.3. The highest BCUT2D eigenvalue weighted by Gasteiger charge is 2.21. The van der Waals surface area contributed by atoms with Gasteiger partial charge >= 0.3 is 0 Å². The number of halogens is 2. The number of likely N-dealkylation sites (tertiary alicyclic amines) is 1. The van der Waals surface area contributed by atoms with E-state index in [4.69, 9.17) is 17.3 Å². The first-order chi connectivity index (χ1) is 10.2. The smallest absolute Gasteiger partial charge is 0.225 e. The van der Waals surface area contributed by atoms with E-state index in [0.29, 0.717) is 17.5 Å². The largest absolute Gasteiger partial charge is 0.330 e. The molecule has 0 radical (unpaired) electrons. The highest BCUT2D eigenvalue weighted by atomic mass is 35.5. The van der Waals surface area contributed by atoms with Gasteiger partial charge in [-0.3, -0.25) is 9.69 Å². The Labute approximate surface area is 143 Å². The highest BCUT2D eigenvalue weighted by Crippen LogP contribution is 2.20. The van der Waals surface area contributed by atoms with Crippen LogP contribution in [0.5, 0.6) is 0 Å². The van der Waals surface area contributed by atoms with Crippen LogP contribution in [-0.2, 0) is 4.79 Å². The van der Waals surface area contributed by atoms with Crippen molar-refractivity contribution in [1.29, 1.82) is 0 Å². The Kier molecular flexibility index (Phi) is 8.79. The molecule has 3 N–H and O–H groups in total. The van der Waals surface area contributed by atoms with Crippen LogP contribution in [0.3, 0.4) is 0 Å². The van der Waals surface area contributed by atoms with Gasteiger partial charge in [0.2, 0.25) is 5.91 Å². The summed E-state index contributed by atoms with van der Waals surface area (Å²) in [7, 11) is 0. The third-order valence-electron chi connectivity index (χ3n) is 3.98. The standard InChI is InChI=1S/C16H24ClN3O.ClH/c17-13-4-3-5-14(12-13)19-16(21)8-11-20-10-2-1-6-15(20)7-9-18;/h3-5,12,15H,1-2,6-11,18H2,(H,19,21);1H. The second-order valence-corrected chi connectivity index (χ2v) is 6.01. The third-order valence-corrected chi connectivity index (χ3v) is 4.22. The molecule has 1 saturated heterocycles. The summed E-state index contributed by atoms with van der Waals surface area (Å²) in [5, 5.41) is 3.53. The number of amides is 1. The fraction of sp³-hybridized carbons (Fsp3) is 0.562. The van der Waals surface area contributed by atoms with E-state index in [-0.39, 0.29) is 18.3 Å². The molecule has 1 fully saturated rings. The van der Waals surface area contributed by atoms with E-state index < -0.39 is 0 Å². The molecule has 1 amide bonds. The number of anilines is 1. The van der Waals surface area contributed by atoms with Crippen LogP contribution in [0.25, 0.3) is 0 Å². The molecular formula is C16H25Cl2N3O. The SMILES string of the molecule is Cl.NCCC1CCCCN1CCC(=O)Nc1cccc(Cl)c1. The monoisotopic (exact) mass is 345 g/mol. The van der Waals surface area contributed by atoms with Crippen LogP contribution in [0.1, 0.15) is 32.1 Å². The average molecular weight is 346 g/mol. The third kappa shape index (κ3) is 6.13. The Hall–Kier alpha value is -0.810. The summed E-state index contributed by atoms with van der Waals surface area (Å²) >= 11 is 5.91. The molecule has 0 aromatic heterocycles. The van der Waals surface area contributed by atoms with Gasteiger partial charge in [0.15, 0.2) is 0 Å². The molecule has 1 aromatic carbocycles. The first kappa shape index (κ1) is 19.2. The number of carbonyl (C=O) groups is 1.